The van der Waals surface area contributed by atoms with Gasteiger partial charge in [-0.1, -0.05) is 67.5 Å². The van der Waals surface area contributed by atoms with Crippen LogP contribution in [0.3, 0.4) is 0 Å². The Morgan fingerprint density at radius 2 is 1.63 bits per heavy atom. The van der Waals surface area contributed by atoms with Crippen LogP contribution in [0.5, 0.6) is 0 Å². The van der Waals surface area contributed by atoms with Crippen molar-refractivity contribution in [3.05, 3.63) is 60.2 Å². The maximum absolute atomic E-state index is 2.28. The smallest absolute Gasteiger partial charge is 0.0152 e. The van der Waals surface area contributed by atoms with Crippen LogP contribution in [-0.4, -0.2) is 0 Å². The van der Waals surface area contributed by atoms with E-state index in [-0.39, 0.29) is 0 Å². The summed E-state index contributed by atoms with van der Waals surface area (Å²) in [6.07, 6.45) is 12.2. The van der Waals surface area contributed by atoms with Crippen molar-refractivity contribution in [2.75, 3.05) is 0 Å². The molecule has 0 aromatic heterocycles. The van der Waals surface area contributed by atoms with Crippen LogP contribution in [-0.2, 0) is 6.42 Å². The van der Waals surface area contributed by atoms with Crippen LogP contribution >= 0.6 is 0 Å². The zero-order chi connectivity index (χ0) is 13.3. The molecule has 2 aromatic rings. The topological polar surface area (TPSA) is 0 Å². The highest BCUT2D eigenvalue weighted by atomic mass is 14.0. The highest BCUT2D eigenvalue weighted by Gasteiger charge is 1.99. The van der Waals surface area contributed by atoms with Crippen LogP contribution in [0.4, 0.5) is 0 Å². The van der Waals surface area contributed by atoms with Gasteiger partial charge in [0.1, 0.15) is 0 Å². The fraction of sp³-hybridized carbons (Fsp3) is 0.368. The summed E-state index contributed by atoms with van der Waals surface area (Å²) in [5, 5.41) is 2.80. The molecule has 0 aliphatic rings. The molecule has 0 bridgehead atoms. The molecule has 0 nitrogen and oxygen atoms in total. The Kier molecular flexibility index (Phi) is 5.68. The van der Waals surface area contributed by atoms with E-state index in [1.807, 2.05) is 0 Å². The normalized spacial score (nSPS) is 11.4. The van der Waals surface area contributed by atoms with Gasteiger partial charge < -0.3 is 0 Å². The lowest BCUT2D eigenvalue weighted by Crippen LogP contribution is -1.88. The van der Waals surface area contributed by atoms with Crippen molar-refractivity contribution in [1.29, 1.82) is 0 Å². The van der Waals surface area contributed by atoms with Gasteiger partial charge in [-0.3, -0.25) is 0 Å². The molecule has 0 amide bonds. The van der Waals surface area contributed by atoms with Crippen molar-refractivity contribution in [3.8, 4) is 0 Å². The highest BCUT2D eigenvalue weighted by molar-refractivity contribution is 5.85. The molecule has 2 aromatic carbocycles. The molecular weight excluding hydrogens is 228 g/mol. The van der Waals surface area contributed by atoms with Gasteiger partial charge in [-0.15, -0.1) is 0 Å². The van der Waals surface area contributed by atoms with E-state index in [4.69, 9.17) is 0 Å². The van der Waals surface area contributed by atoms with E-state index >= 15 is 0 Å². The second-order valence-corrected chi connectivity index (χ2v) is 5.16. The number of aryl methyl sites for hydroxylation is 1. The van der Waals surface area contributed by atoms with Crippen molar-refractivity contribution in [3.63, 3.8) is 0 Å². The summed E-state index contributed by atoms with van der Waals surface area (Å²) in [7, 11) is 0. The molecule has 0 heteroatoms. The van der Waals surface area contributed by atoms with E-state index in [1.54, 1.807) is 0 Å². The average Bonchev–Trinajstić information content (AvgIpc) is 2.46. The largest absolute Gasteiger partial charge is 0.0917 e. The molecule has 0 unspecified atom stereocenters. The molecule has 19 heavy (non-hydrogen) atoms. The Morgan fingerprint density at radius 1 is 0.842 bits per heavy atom. The minimum absolute atomic E-state index is 1.21. The summed E-state index contributed by atoms with van der Waals surface area (Å²) in [5.41, 5.74) is 1.51. The number of allylic oxidation sites excluding steroid dienone is 2. The third-order valence-electron chi connectivity index (χ3n) is 3.68. The molecule has 0 aliphatic carbocycles. The first kappa shape index (κ1) is 13.9. The zero-order valence-corrected chi connectivity index (χ0v) is 11.9. The van der Waals surface area contributed by atoms with Gasteiger partial charge in [0.05, 0.1) is 0 Å². The molecule has 0 aliphatic heterocycles. The van der Waals surface area contributed by atoms with E-state index in [2.05, 4.69) is 61.5 Å². The monoisotopic (exact) mass is 252 g/mol. The van der Waals surface area contributed by atoms with Crippen LogP contribution in [0, 0.1) is 0 Å². The minimum Gasteiger partial charge on any atom is -0.0917 e. The second kappa shape index (κ2) is 7.78. The Morgan fingerprint density at radius 3 is 2.53 bits per heavy atom. The Bertz CT molecular complexity index is 517. The van der Waals surface area contributed by atoms with E-state index in [1.165, 1.54) is 54.9 Å². The van der Waals surface area contributed by atoms with Gasteiger partial charge in [-0.25, -0.2) is 0 Å². The number of fused-ring (bicyclic) bond motifs is 1. The first-order valence-electron chi connectivity index (χ1n) is 7.49. The second-order valence-electron chi connectivity index (χ2n) is 5.16. The lowest BCUT2D eigenvalue weighted by atomic mass is 9.99. The maximum Gasteiger partial charge on any atom is -0.0152 e. The molecule has 0 radical (unpaired) electrons. The lowest BCUT2D eigenvalue weighted by molar-refractivity contribution is 0.647. The van der Waals surface area contributed by atoms with Gasteiger partial charge in [0.25, 0.3) is 0 Å². The summed E-state index contributed by atoms with van der Waals surface area (Å²) < 4.78 is 0. The molecule has 0 spiro atoms. The molecule has 0 saturated carbocycles. The summed E-state index contributed by atoms with van der Waals surface area (Å²) in [4.78, 5) is 0. The van der Waals surface area contributed by atoms with Gasteiger partial charge in [-0.05, 0) is 48.9 Å². The van der Waals surface area contributed by atoms with E-state index < -0.39 is 0 Å². The van der Waals surface area contributed by atoms with Crippen LogP contribution in [0.25, 0.3) is 10.8 Å². The summed E-state index contributed by atoms with van der Waals surface area (Å²) >= 11 is 0. The average molecular weight is 252 g/mol. The van der Waals surface area contributed by atoms with E-state index in [0.29, 0.717) is 0 Å². The van der Waals surface area contributed by atoms with Crippen molar-refractivity contribution >= 4 is 10.8 Å². The highest BCUT2D eigenvalue weighted by Crippen LogP contribution is 2.20. The fourth-order valence-corrected chi connectivity index (χ4v) is 2.61. The maximum atomic E-state index is 2.28. The number of benzene rings is 2. The first-order valence-corrected chi connectivity index (χ1v) is 7.49. The molecular formula is C19H24. The minimum atomic E-state index is 1.21. The fourth-order valence-electron chi connectivity index (χ4n) is 2.61. The zero-order valence-electron chi connectivity index (χ0n) is 11.9. The molecule has 100 valence electrons. The Labute approximate surface area is 117 Å². The molecule has 0 N–H and O–H groups in total. The van der Waals surface area contributed by atoms with Gasteiger partial charge in [0.2, 0.25) is 0 Å². The van der Waals surface area contributed by atoms with Crippen LogP contribution in [0.15, 0.2) is 54.6 Å². The van der Waals surface area contributed by atoms with Crippen LogP contribution in [0.1, 0.15) is 44.6 Å². The predicted octanol–water partition coefficient (Wildman–Crippen LogP) is 5.91. The molecule has 0 saturated heterocycles. The third kappa shape index (κ3) is 4.24. The summed E-state index contributed by atoms with van der Waals surface area (Å²) in [6, 6.07) is 15.4. The van der Waals surface area contributed by atoms with Gasteiger partial charge >= 0.3 is 0 Å². The van der Waals surface area contributed by atoms with Crippen molar-refractivity contribution in [2.45, 2.75) is 45.4 Å². The quantitative estimate of drug-likeness (QED) is 0.424. The molecule has 0 atom stereocenters. The molecule has 0 heterocycles. The standard InChI is InChI=1S/C19H24/c1-2-3-4-5-6-7-8-12-17-14-11-15-18-13-9-10-16-19(17)18/h2-3,9-11,13-16H,4-8,12H2,1H3/b3-2+. The number of hydrogen-bond donors (Lipinski definition) is 0. The SMILES string of the molecule is C/C=C/CCCCCCc1cccc2ccccc12. The van der Waals surface area contributed by atoms with Crippen molar-refractivity contribution in [2.24, 2.45) is 0 Å². The summed E-state index contributed by atoms with van der Waals surface area (Å²) in [6.45, 7) is 2.10. The lowest BCUT2D eigenvalue weighted by Gasteiger charge is -2.06. The summed E-state index contributed by atoms with van der Waals surface area (Å²) in [5.74, 6) is 0. The Hall–Kier alpha value is -1.56. The first-order chi connectivity index (χ1) is 9.42. The number of unbranched alkanes of at least 4 members (excludes halogenated alkanes) is 4. The third-order valence-corrected chi connectivity index (χ3v) is 3.68. The van der Waals surface area contributed by atoms with Crippen LogP contribution in [0.2, 0.25) is 0 Å². The van der Waals surface area contributed by atoms with Gasteiger partial charge in [0, 0.05) is 0 Å². The van der Waals surface area contributed by atoms with Crippen molar-refractivity contribution in [1.82, 2.24) is 0 Å². The van der Waals surface area contributed by atoms with Crippen molar-refractivity contribution < 1.29 is 0 Å². The number of hydrogen-bond acceptors (Lipinski definition) is 0. The van der Waals surface area contributed by atoms with Crippen LogP contribution < -0.4 is 0 Å². The molecule has 2 rings (SSSR count). The predicted molar refractivity (Wildman–Crippen MR) is 85.6 cm³/mol. The van der Waals surface area contributed by atoms with E-state index in [9.17, 15) is 0 Å². The molecule has 0 fully saturated rings. The van der Waals surface area contributed by atoms with Gasteiger partial charge in [-0.2, -0.15) is 0 Å². The van der Waals surface area contributed by atoms with Gasteiger partial charge in [0.15, 0.2) is 0 Å². The van der Waals surface area contributed by atoms with E-state index in [0.717, 1.165) is 0 Å². The Balaban J connectivity index is 1.81. The number of rotatable bonds is 7.